The zero-order chi connectivity index (χ0) is 22.9. The van der Waals surface area contributed by atoms with Crippen molar-refractivity contribution in [3.8, 4) is 0 Å². The van der Waals surface area contributed by atoms with Gasteiger partial charge in [-0.1, -0.05) is 27.7 Å². The number of carbonyl (C=O) groups is 5. The van der Waals surface area contributed by atoms with Crippen LogP contribution in [0.3, 0.4) is 0 Å². The molecule has 0 saturated heterocycles. The van der Waals surface area contributed by atoms with E-state index in [-0.39, 0.29) is 5.92 Å². The molecule has 0 radical (unpaired) electrons. The van der Waals surface area contributed by atoms with E-state index >= 15 is 0 Å². The Balaban J connectivity index is 5.29. The summed E-state index contributed by atoms with van der Waals surface area (Å²) >= 11 is 0. The molecule has 4 unspecified atom stereocenters. The van der Waals surface area contributed by atoms with Gasteiger partial charge in [0.1, 0.15) is 18.1 Å². The largest absolute Gasteiger partial charge is 0.481 e. The number of carbonyl (C=O) groups excluding carboxylic acids is 3. The lowest BCUT2D eigenvalue weighted by atomic mass is 10.0. The van der Waals surface area contributed by atoms with Crippen molar-refractivity contribution in [2.75, 3.05) is 0 Å². The van der Waals surface area contributed by atoms with E-state index in [1.807, 2.05) is 13.8 Å². The van der Waals surface area contributed by atoms with Gasteiger partial charge >= 0.3 is 11.9 Å². The molecule has 166 valence electrons. The average Bonchev–Trinajstić information content (AvgIpc) is 2.56. The number of hydrogen-bond acceptors (Lipinski definition) is 6. The molecule has 0 aliphatic rings. The molecule has 29 heavy (non-hydrogen) atoms. The fraction of sp³-hybridized carbons (Fsp3) is 0.722. The Morgan fingerprint density at radius 2 is 1.38 bits per heavy atom. The molecule has 0 rings (SSSR count). The maximum Gasteiger partial charge on any atom is 0.325 e. The van der Waals surface area contributed by atoms with Crippen LogP contribution in [0.15, 0.2) is 0 Å². The molecule has 4 atom stereocenters. The maximum atomic E-state index is 12.6. The molecule has 0 fully saturated rings. The smallest absolute Gasteiger partial charge is 0.325 e. The zero-order valence-electron chi connectivity index (χ0n) is 17.4. The van der Waals surface area contributed by atoms with Gasteiger partial charge in [-0.05, 0) is 25.2 Å². The molecule has 11 nitrogen and oxygen atoms in total. The van der Waals surface area contributed by atoms with Crippen LogP contribution in [-0.2, 0) is 24.0 Å². The Bertz CT molecular complexity index is 621. The lowest BCUT2D eigenvalue weighted by Gasteiger charge is -2.26. The van der Waals surface area contributed by atoms with Gasteiger partial charge in [0.05, 0.1) is 12.5 Å². The van der Waals surface area contributed by atoms with Gasteiger partial charge in [-0.15, -0.1) is 0 Å². The minimum Gasteiger partial charge on any atom is -0.481 e. The first kappa shape index (κ1) is 26.3. The summed E-state index contributed by atoms with van der Waals surface area (Å²) in [4.78, 5) is 59.1. The van der Waals surface area contributed by atoms with E-state index in [1.54, 1.807) is 13.8 Å². The number of rotatable bonds is 12. The third kappa shape index (κ3) is 9.88. The molecular weight excluding hydrogens is 384 g/mol. The highest BCUT2D eigenvalue weighted by Gasteiger charge is 2.32. The standard InChI is InChI=1S/C18H32N4O7/c1-8(2)6-11(19)15(25)21-12(7-13(23)24)16(26)22-14(9(3)4)17(27)20-10(5)18(28)29/h8-12,14H,6-7,19H2,1-5H3,(H,20,27)(H,21,25)(H,22,26)(H,23,24)(H,28,29). The van der Waals surface area contributed by atoms with Gasteiger partial charge in [-0.3, -0.25) is 24.0 Å². The third-order valence-corrected chi connectivity index (χ3v) is 4.05. The van der Waals surface area contributed by atoms with Gasteiger partial charge in [0, 0.05) is 0 Å². The van der Waals surface area contributed by atoms with Crippen LogP contribution in [0.5, 0.6) is 0 Å². The summed E-state index contributed by atoms with van der Waals surface area (Å²) in [6.07, 6.45) is -0.360. The van der Waals surface area contributed by atoms with Crippen LogP contribution in [0.1, 0.15) is 47.5 Å². The van der Waals surface area contributed by atoms with Crippen molar-refractivity contribution in [3.05, 3.63) is 0 Å². The summed E-state index contributed by atoms with van der Waals surface area (Å²) in [6, 6.07) is -4.66. The van der Waals surface area contributed by atoms with E-state index < -0.39 is 66.2 Å². The highest BCUT2D eigenvalue weighted by Crippen LogP contribution is 2.06. The van der Waals surface area contributed by atoms with E-state index in [0.29, 0.717) is 6.42 Å². The quantitative estimate of drug-likeness (QED) is 0.235. The summed E-state index contributed by atoms with van der Waals surface area (Å²) in [6.45, 7) is 8.23. The second kappa shape index (κ2) is 12.0. The van der Waals surface area contributed by atoms with Gasteiger partial charge in [0.25, 0.3) is 0 Å². The van der Waals surface area contributed by atoms with E-state index in [4.69, 9.17) is 15.9 Å². The summed E-state index contributed by atoms with van der Waals surface area (Å²) in [7, 11) is 0. The number of carboxylic acid groups (broad SMARTS) is 2. The van der Waals surface area contributed by atoms with Crippen LogP contribution in [0.2, 0.25) is 0 Å². The van der Waals surface area contributed by atoms with Crippen LogP contribution in [-0.4, -0.2) is 64.0 Å². The first-order valence-electron chi connectivity index (χ1n) is 9.37. The summed E-state index contributed by atoms with van der Waals surface area (Å²) in [5.74, 6) is -5.17. The van der Waals surface area contributed by atoms with Crippen molar-refractivity contribution < 1.29 is 34.2 Å². The van der Waals surface area contributed by atoms with Crippen LogP contribution in [0.25, 0.3) is 0 Å². The predicted molar refractivity (Wildman–Crippen MR) is 104 cm³/mol. The number of hydrogen-bond donors (Lipinski definition) is 6. The Hall–Kier alpha value is -2.69. The lowest BCUT2D eigenvalue weighted by Crippen LogP contribution is -2.58. The van der Waals surface area contributed by atoms with E-state index in [1.165, 1.54) is 6.92 Å². The SMILES string of the molecule is CC(C)CC(N)C(=O)NC(CC(=O)O)C(=O)NC(C(=O)NC(C)C(=O)O)C(C)C. The summed E-state index contributed by atoms with van der Waals surface area (Å²) < 4.78 is 0. The Labute approximate surface area is 169 Å². The molecule has 0 aromatic carbocycles. The van der Waals surface area contributed by atoms with Crippen molar-refractivity contribution in [2.24, 2.45) is 17.6 Å². The van der Waals surface area contributed by atoms with Crippen LogP contribution < -0.4 is 21.7 Å². The predicted octanol–water partition coefficient (Wildman–Crippen LogP) is -0.951. The second-order valence-electron chi connectivity index (χ2n) is 7.69. The summed E-state index contributed by atoms with van der Waals surface area (Å²) in [5.41, 5.74) is 5.77. The second-order valence-corrected chi connectivity index (χ2v) is 7.69. The van der Waals surface area contributed by atoms with Crippen LogP contribution >= 0.6 is 0 Å². The molecular formula is C18H32N4O7. The first-order chi connectivity index (χ1) is 13.3. The van der Waals surface area contributed by atoms with Crippen molar-refractivity contribution >= 4 is 29.7 Å². The number of nitrogens with two attached hydrogens (primary N) is 1. The number of aliphatic carboxylic acids is 2. The topological polar surface area (TPSA) is 188 Å². The minimum atomic E-state index is -1.44. The molecule has 0 aromatic heterocycles. The van der Waals surface area contributed by atoms with Gasteiger partial charge in [-0.25, -0.2) is 0 Å². The van der Waals surface area contributed by atoms with Gasteiger partial charge in [0.15, 0.2) is 0 Å². The Morgan fingerprint density at radius 3 is 1.79 bits per heavy atom. The molecule has 0 spiro atoms. The monoisotopic (exact) mass is 416 g/mol. The highest BCUT2D eigenvalue weighted by molar-refractivity contribution is 5.95. The Morgan fingerprint density at radius 1 is 0.828 bits per heavy atom. The molecule has 0 aliphatic carbocycles. The lowest BCUT2D eigenvalue weighted by molar-refractivity contribution is -0.143. The van der Waals surface area contributed by atoms with Crippen LogP contribution in [0.4, 0.5) is 0 Å². The highest BCUT2D eigenvalue weighted by atomic mass is 16.4. The van der Waals surface area contributed by atoms with Crippen molar-refractivity contribution in [1.29, 1.82) is 0 Å². The zero-order valence-corrected chi connectivity index (χ0v) is 17.4. The number of carboxylic acids is 2. The minimum absolute atomic E-state index is 0.118. The number of amides is 3. The molecule has 7 N–H and O–H groups in total. The van der Waals surface area contributed by atoms with Crippen molar-refractivity contribution in [3.63, 3.8) is 0 Å². The Kier molecular flexibility index (Phi) is 10.9. The molecule has 0 aliphatic heterocycles. The average molecular weight is 416 g/mol. The molecule has 0 aromatic rings. The fourth-order valence-corrected chi connectivity index (χ4v) is 2.43. The fourth-order valence-electron chi connectivity index (χ4n) is 2.43. The van der Waals surface area contributed by atoms with Crippen molar-refractivity contribution in [1.82, 2.24) is 16.0 Å². The van der Waals surface area contributed by atoms with E-state index in [0.717, 1.165) is 0 Å². The van der Waals surface area contributed by atoms with Gasteiger partial charge < -0.3 is 31.9 Å². The van der Waals surface area contributed by atoms with E-state index in [2.05, 4.69) is 16.0 Å². The van der Waals surface area contributed by atoms with Gasteiger partial charge in [0.2, 0.25) is 17.7 Å². The van der Waals surface area contributed by atoms with Crippen molar-refractivity contribution in [2.45, 2.75) is 71.6 Å². The van der Waals surface area contributed by atoms with Gasteiger partial charge in [-0.2, -0.15) is 0 Å². The molecule has 0 saturated carbocycles. The number of nitrogens with one attached hydrogen (secondary N) is 3. The third-order valence-electron chi connectivity index (χ3n) is 4.05. The van der Waals surface area contributed by atoms with E-state index in [9.17, 15) is 24.0 Å². The van der Waals surface area contributed by atoms with Crippen LogP contribution in [0, 0.1) is 11.8 Å². The molecule has 0 bridgehead atoms. The first-order valence-corrected chi connectivity index (χ1v) is 9.37. The normalized spacial score (nSPS) is 15.2. The molecule has 0 heterocycles. The maximum absolute atomic E-state index is 12.6. The molecule has 3 amide bonds. The molecule has 11 heteroatoms. The summed E-state index contributed by atoms with van der Waals surface area (Å²) in [5, 5.41) is 24.9.